The summed E-state index contributed by atoms with van der Waals surface area (Å²) in [7, 11) is 0. The van der Waals surface area contributed by atoms with Crippen molar-refractivity contribution >= 4 is 0 Å². The lowest BCUT2D eigenvalue weighted by Gasteiger charge is -2.01. The molecule has 0 unspecified atom stereocenters. The average Bonchev–Trinajstić information content (AvgIpc) is 2.83. The molecular formula is C13H16N2O. The van der Waals surface area contributed by atoms with Crippen LogP contribution in [0, 0.1) is 0 Å². The number of aromatic nitrogens is 2. The van der Waals surface area contributed by atoms with Crippen molar-refractivity contribution in [1.82, 2.24) is 10.1 Å². The van der Waals surface area contributed by atoms with Crippen LogP contribution in [0.3, 0.4) is 0 Å². The van der Waals surface area contributed by atoms with Crippen LogP contribution in [0.4, 0.5) is 0 Å². The van der Waals surface area contributed by atoms with Crippen molar-refractivity contribution in [3.8, 4) is 11.5 Å². The molecule has 2 rings (SSSR count). The first kappa shape index (κ1) is 10.9. The molecule has 0 radical (unpaired) electrons. The van der Waals surface area contributed by atoms with Crippen molar-refractivity contribution < 1.29 is 4.52 Å². The van der Waals surface area contributed by atoms with E-state index >= 15 is 0 Å². The summed E-state index contributed by atoms with van der Waals surface area (Å²) in [6.45, 7) is 2.22. The van der Waals surface area contributed by atoms with Crippen LogP contribution in [0.2, 0.25) is 0 Å². The van der Waals surface area contributed by atoms with Gasteiger partial charge in [0, 0.05) is 5.56 Å². The molecule has 1 aromatic heterocycles. The van der Waals surface area contributed by atoms with Crippen LogP contribution in [-0.2, 0) is 6.42 Å². The molecule has 0 bridgehead atoms. The maximum Gasteiger partial charge on any atom is 0.257 e. The van der Waals surface area contributed by atoms with Crippen molar-refractivity contribution in [1.29, 1.82) is 0 Å². The van der Waals surface area contributed by atoms with Crippen LogP contribution < -0.4 is 0 Å². The van der Waals surface area contributed by atoms with Gasteiger partial charge in [0.05, 0.1) is 0 Å². The summed E-state index contributed by atoms with van der Waals surface area (Å²) in [5.74, 6) is 0.595. The Morgan fingerprint density at radius 2 is 2.19 bits per heavy atom. The molecule has 3 nitrogen and oxygen atoms in total. The molecule has 0 aliphatic rings. The normalized spacial score (nSPS) is 10.6. The number of unbranched alkanes of at least 4 members (excludes halogenated alkanes) is 2. The zero-order valence-electron chi connectivity index (χ0n) is 9.52. The van der Waals surface area contributed by atoms with Gasteiger partial charge in [-0.15, -0.1) is 0 Å². The van der Waals surface area contributed by atoms with Gasteiger partial charge >= 0.3 is 0 Å². The zero-order valence-corrected chi connectivity index (χ0v) is 9.52. The number of hydrogen-bond acceptors (Lipinski definition) is 3. The number of aryl methyl sites for hydroxylation is 1. The summed E-state index contributed by atoms with van der Waals surface area (Å²) >= 11 is 0. The first-order valence-electron chi connectivity index (χ1n) is 5.76. The van der Waals surface area contributed by atoms with Gasteiger partial charge in [-0.2, -0.15) is 4.98 Å². The van der Waals surface area contributed by atoms with Crippen LogP contribution in [0.1, 0.15) is 31.7 Å². The molecule has 2 aromatic rings. The van der Waals surface area contributed by atoms with E-state index < -0.39 is 0 Å². The van der Waals surface area contributed by atoms with Gasteiger partial charge in [0.2, 0.25) is 0 Å². The molecule has 1 heterocycles. The van der Waals surface area contributed by atoms with Gasteiger partial charge in [0.25, 0.3) is 5.89 Å². The molecule has 0 saturated heterocycles. The van der Waals surface area contributed by atoms with E-state index in [1.807, 2.05) is 12.1 Å². The Labute approximate surface area is 95.5 Å². The summed E-state index contributed by atoms with van der Waals surface area (Å²) in [4.78, 5) is 4.05. The van der Waals surface area contributed by atoms with Crippen LogP contribution in [0.25, 0.3) is 11.5 Å². The second kappa shape index (κ2) is 5.45. The first-order chi connectivity index (χ1) is 7.90. The molecule has 0 N–H and O–H groups in total. The standard InChI is InChI=1S/C13H16N2O/c1-2-3-4-6-11-7-5-8-12(9-11)13-14-10-15-16-13/h5,7-10H,2-4,6H2,1H3. The summed E-state index contributed by atoms with van der Waals surface area (Å²) in [5.41, 5.74) is 2.34. The molecule has 0 saturated carbocycles. The molecule has 0 aliphatic heterocycles. The minimum atomic E-state index is 0.595. The molecule has 0 atom stereocenters. The minimum Gasteiger partial charge on any atom is -0.334 e. The average molecular weight is 216 g/mol. The lowest BCUT2D eigenvalue weighted by molar-refractivity contribution is 0.430. The molecule has 1 aromatic carbocycles. The van der Waals surface area contributed by atoms with Crippen molar-refractivity contribution in [2.24, 2.45) is 0 Å². The van der Waals surface area contributed by atoms with Crippen LogP contribution >= 0.6 is 0 Å². The fourth-order valence-electron chi connectivity index (χ4n) is 1.74. The van der Waals surface area contributed by atoms with Crippen LogP contribution in [0.15, 0.2) is 35.1 Å². The number of benzene rings is 1. The predicted molar refractivity (Wildman–Crippen MR) is 63.0 cm³/mol. The lowest BCUT2D eigenvalue weighted by atomic mass is 10.0. The first-order valence-corrected chi connectivity index (χ1v) is 5.76. The van der Waals surface area contributed by atoms with Crippen molar-refractivity contribution in [3.05, 3.63) is 36.2 Å². The topological polar surface area (TPSA) is 38.9 Å². The monoisotopic (exact) mass is 216 g/mol. The van der Waals surface area contributed by atoms with Gasteiger partial charge in [0.1, 0.15) is 0 Å². The second-order valence-corrected chi connectivity index (χ2v) is 3.90. The van der Waals surface area contributed by atoms with Crippen molar-refractivity contribution in [2.75, 3.05) is 0 Å². The van der Waals surface area contributed by atoms with Gasteiger partial charge in [-0.25, -0.2) is 0 Å². The van der Waals surface area contributed by atoms with Crippen molar-refractivity contribution in [2.45, 2.75) is 32.6 Å². The Morgan fingerprint density at radius 3 is 2.94 bits per heavy atom. The second-order valence-electron chi connectivity index (χ2n) is 3.90. The molecule has 0 amide bonds. The van der Waals surface area contributed by atoms with E-state index in [4.69, 9.17) is 4.52 Å². The number of rotatable bonds is 5. The SMILES string of the molecule is CCCCCc1cccc(-c2ncno2)c1. The molecule has 0 spiro atoms. The van der Waals surface area contributed by atoms with E-state index in [0.29, 0.717) is 5.89 Å². The molecule has 3 heteroatoms. The lowest BCUT2D eigenvalue weighted by Crippen LogP contribution is -1.86. The Hall–Kier alpha value is -1.64. The van der Waals surface area contributed by atoms with Gasteiger partial charge in [-0.3, -0.25) is 0 Å². The Morgan fingerprint density at radius 1 is 1.25 bits per heavy atom. The maximum atomic E-state index is 5.04. The summed E-state index contributed by atoms with van der Waals surface area (Å²) in [6, 6.07) is 8.32. The van der Waals surface area contributed by atoms with Crippen molar-refractivity contribution in [3.63, 3.8) is 0 Å². The number of hydrogen-bond donors (Lipinski definition) is 0. The quantitative estimate of drug-likeness (QED) is 0.718. The van der Waals surface area contributed by atoms with Crippen LogP contribution in [-0.4, -0.2) is 10.1 Å². The molecular weight excluding hydrogens is 200 g/mol. The number of nitrogens with zero attached hydrogens (tertiary/aromatic N) is 2. The highest BCUT2D eigenvalue weighted by Crippen LogP contribution is 2.18. The van der Waals surface area contributed by atoms with E-state index in [0.717, 1.165) is 12.0 Å². The van der Waals surface area contributed by atoms with Gasteiger partial charge < -0.3 is 4.52 Å². The summed E-state index contributed by atoms with van der Waals surface area (Å²) in [6.07, 6.45) is 6.33. The van der Waals surface area contributed by atoms with Gasteiger partial charge in [-0.05, 0) is 30.5 Å². The maximum absolute atomic E-state index is 5.04. The fourth-order valence-corrected chi connectivity index (χ4v) is 1.74. The Bertz CT molecular complexity index is 423. The van der Waals surface area contributed by atoms with E-state index in [2.05, 4.69) is 29.2 Å². The third kappa shape index (κ3) is 2.69. The Kier molecular flexibility index (Phi) is 3.70. The summed E-state index contributed by atoms with van der Waals surface area (Å²) in [5, 5.41) is 3.62. The fraction of sp³-hybridized carbons (Fsp3) is 0.385. The van der Waals surface area contributed by atoms with Gasteiger partial charge in [0.15, 0.2) is 6.33 Å². The highest BCUT2D eigenvalue weighted by atomic mass is 16.5. The third-order valence-electron chi connectivity index (χ3n) is 2.60. The Balaban J connectivity index is 2.08. The van der Waals surface area contributed by atoms with E-state index in [1.165, 1.54) is 31.2 Å². The highest BCUT2D eigenvalue weighted by molar-refractivity contribution is 5.53. The van der Waals surface area contributed by atoms with Crippen LogP contribution in [0.5, 0.6) is 0 Å². The zero-order chi connectivity index (χ0) is 11.2. The van der Waals surface area contributed by atoms with E-state index in [-0.39, 0.29) is 0 Å². The highest BCUT2D eigenvalue weighted by Gasteiger charge is 2.03. The smallest absolute Gasteiger partial charge is 0.257 e. The third-order valence-corrected chi connectivity index (χ3v) is 2.60. The van der Waals surface area contributed by atoms with Gasteiger partial charge in [-0.1, -0.05) is 37.1 Å². The molecule has 0 fully saturated rings. The minimum absolute atomic E-state index is 0.595. The molecule has 84 valence electrons. The molecule has 16 heavy (non-hydrogen) atoms. The van der Waals surface area contributed by atoms with E-state index in [1.54, 1.807) is 0 Å². The predicted octanol–water partition coefficient (Wildman–Crippen LogP) is 3.47. The summed E-state index contributed by atoms with van der Waals surface area (Å²) < 4.78 is 5.04. The molecule has 0 aliphatic carbocycles. The van der Waals surface area contributed by atoms with E-state index in [9.17, 15) is 0 Å². The largest absolute Gasteiger partial charge is 0.334 e.